The van der Waals surface area contributed by atoms with Gasteiger partial charge < -0.3 is 11.1 Å². The first-order valence-electron chi connectivity index (χ1n) is 5.35. The maximum atomic E-state index is 9.82. The van der Waals surface area contributed by atoms with E-state index in [1.807, 2.05) is 0 Å². The number of hydrogen-bond acceptors (Lipinski definition) is 2. The normalized spacial score (nSPS) is 8.40. The lowest BCUT2D eigenvalue weighted by Crippen LogP contribution is -2.10. The third-order valence-electron chi connectivity index (χ3n) is 1.74. The molecule has 0 rings (SSSR count). The van der Waals surface area contributed by atoms with Gasteiger partial charge in [-0.1, -0.05) is 39.3 Å². The van der Waals surface area contributed by atoms with Crippen molar-refractivity contribution in [1.29, 1.82) is 0 Å². The van der Waals surface area contributed by atoms with Gasteiger partial charge >= 0.3 is 0 Å². The van der Waals surface area contributed by atoms with Crippen LogP contribution in [0.15, 0.2) is 24.9 Å². The van der Waals surface area contributed by atoms with Crippen molar-refractivity contribution in [3.63, 3.8) is 0 Å². The number of rotatable bonds is 7. The molecule has 0 fully saturated rings. The number of hydrogen-bond donors (Lipinski definition) is 2. The second kappa shape index (κ2) is 12.8. The summed E-state index contributed by atoms with van der Waals surface area (Å²) in [6.07, 6.45) is 7.05. The van der Waals surface area contributed by atoms with Crippen molar-refractivity contribution >= 4 is 5.91 Å². The van der Waals surface area contributed by atoms with Crippen molar-refractivity contribution in [2.45, 2.75) is 39.5 Å². The fourth-order valence-electron chi connectivity index (χ4n) is 0.756. The Kier molecular flexibility index (Phi) is 13.8. The maximum Gasteiger partial charge on any atom is 0.243 e. The summed E-state index contributed by atoms with van der Waals surface area (Å²) in [7, 11) is 0. The van der Waals surface area contributed by atoms with Crippen LogP contribution in [-0.2, 0) is 4.79 Å². The minimum Gasteiger partial charge on any atom is -0.391 e. The van der Waals surface area contributed by atoms with Crippen LogP contribution in [0.3, 0.4) is 0 Å². The predicted molar refractivity (Wildman–Crippen MR) is 66.4 cm³/mol. The Bertz CT molecular complexity index is 176. The lowest BCUT2D eigenvalue weighted by Gasteiger charge is -1.97. The van der Waals surface area contributed by atoms with Gasteiger partial charge in [-0.05, 0) is 19.5 Å². The van der Waals surface area contributed by atoms with E-state index in [0.717, 1.165) is 6.54 Å². The predicted octanol–water partition coefficient (Wildman–Crippen LogP) is 2.35. The Morgan fingerprint density at radius 1 is 1.40 bits per heavy atom. The number of amides is 1. The van der Waals surface area contributed by atoms with E-state index in [1.165, 1.54) is 25.7 Å². The van der Waals surface area contributed by atoms with E-state index in [2.05, 4.69) is 25.4 Å². The Morgan fingerprint density at radius 2 is 1.93 bits per heavy atom. The first-order valence-corrected chi connectivity index (χ1v) is 5.35. The summed E-state index contributed by atoms with van der Waals surface area (Å²) >= 11 is 0. The highest BCUT2D eigenvalue weighted by molar-refractivity contribution is 5.90. The summed E-state index contributed by atoms with van der Waals surface area (Å²) < 4.78 is 0. The van der Waals surface area contributed by atoms with Crippen LogP contribution < -0.4 is 11.1 Å². The summed E-state index contributed by atoms with van der Waals surface area (Å²) in [5, 5.41) is 3.07. The number of unbranched alkanes of at least 4 members (excludes halogenated alkanes) is 3. The fraction of sp³-hybridized carbons (Fsp3) is 0.583. The molecule has 3 heteroatoms. The summed E-state index contributed by atoms with van der Waals surface area (Å²) in [6.45, 7) is 11.7. The molecule has 0 aliphatic rings. The van der Waals surface area contributed by atoms with Crippen LogP contribution >= 0.6 is 0 Å². The molecule has 0 aromatic heterocycles. The Morgan fingerprint density at radius 3 is 2.27 bits per heavy atom. The molecule has 0 unspecified atom stereocenters. The van der Waals surface area contributed by atoms with Crippen LogP contribution in [0.1, 0.15) is 39.5 Å². The van der Waals surface area contributed by atoms with E-state index in [4.69, 9.17) is 5.73 Å². The van der Waals surface area contributed by atoms with Crippen molar-refractivity contribution in [3.05, 3.63) is 24.9 Å². The molecule has 0 aromatic carbocycles. The Labute approximate surface area is 93.4 Å². The molecule has 3 nitrogen and oxygen atoms in total. The minimum absolute atomic E-state index is 0.398. The quantitative estimate of drug-likeness (QED) is 0.503. The van der Waals surface area contributed by atoms with Crippen LogP contribution in [0.4, 0.5) is 0 Å². The highest BCUT2D eigenvalue weighted by atomic mass is 16.1. The average Bonchev–Trinajstić information content (AvgIpc) is 2.18. The van der Waals surface area contributed by atoms with Crippen molar-refractivity contribution in [3.8, 4) is 0 Å². The molecule has 0 aliphatic heterocycles. The Balaban J connectivity index is 0. The molecule has 15 heavy (non-hydrogen) atoms. The molecule has 0 aromatic rings. The average molecular weight is 212 g/mol. The second-order valence-electron chi connectivity index (χ2n) is 3.36. The molecule has 0 bridgehead atoms. The van der Waals surface area contributed by atoms with Gasteiger partial charge in [0.1, 0.15) is 0 Å². The molecule has 0 aliphatic carbocycles. The Hall–Kier alpha value is -1.25. The fourth-order valence-corrected chi connectivity index (χ4v) is 0.756. The van der Waals surface area contributed by atoms with E-state index in [9.17, 15) is 4.79 Å². The molecular weight excluding hydrogens is 188 g/mol. The SMILES string of the molecule is C=C(C)C(N)=O.C=CNCCCCCC. The first-order chi connectivity index (χ1) is 7.06. The summed E-state index contributed by atoms with van der Waals surface area (Å²) in [5.41, 5.74) is 5.09. The largest absolute Gasteiger partial charge is 0.391 e. The van der Waals surface area contributed by atoms with E-state index in [1.54, 1.807) is 13.1 Å². The summed E-state index contributed by atoms with van der Waals surface area (Å²) in [6, 6.07) is 0. The molecule has 0 saturated carbocycles. The van der Waals surface area contributed by atoms with Crippen LogP contribution in [0, 0.1) is 0 Å². The van der Waals surface area contributed by atoms with Crippen LogP contribution in [0.5, 0.6) is 0 Å². The van der Waals surface area contributed by atoms with Gasteiger partial charge in [0.05, 0.1) is 0 Å². The maximum absolute atomic E-state index is 9.82. The number of nitrogens with two attached hydrogens (primary N) is 1. The van der Waals surface area contributed by atoms with Gasteiger partial charge in [-0.25, -0.2) is 0 Å². The van der Waals surface area contributed by atoms with Gasteiger partial charge in [0.2, 0.25) is 5.91 Å². The zero-order valence-corrected chi connectivity index (χ0v) is 10.0. The van der Waals surface area contributed by atoms with Gasteiger partial charge in [0.25, 0.3) is 0 Å². The monoisotopic (exact) mass is 212 g/mol. The highest BCUT2D eigenvalue weighted by Crippen LogP contribution is 1.96. The van der Waals surface area contributed by atoms with Crippen LogP contribution in [0.25, 0.3) is 0 Å². The first kappa shape index (κ1) is 16.2. The second-order valence-corrected chi connectivity index (χ2v) is 3.36. The molecular formula is C12H24N2O. The van der Waals surface area contributed by atoms with Gasteiger partial charge in [0.15, 0.2) is 0 Å². The number of carbonyl (C=O) groups is 1. The third-order valence-corrected chi connectivity index (χ3v) is 1.74. The third kappa shape index (κ3) is 19.2. The van der Waals surface area contributed by atoms with Crippen molar-refractivity contribution in [1.82, 2.24) is 5.32 Å². The minimum atomic E-state index is -0.435. The summed E-state index contributed by atoms with van der Waals surface area (Å²) in [4.78, 5) is 9.82. The van der Waals surface area contributed by atoms with Crippen molar-refractivity contribution < 1.29 is 4.79 Å². The van der Waals surface area contributed by atoms with E-state index >= 15 is 0 Å². The van der Waals surface area contributed by atoms with E-state index in [0.29, 0.717) is 5.57 Å². The zero-order valence-electron chi connectivity index (χ0n) is 10.0. The molecule has 1 amide bonds. The number of nitrogens with one attached hydrogen (secondary N) is 1. The summed E-state index contributed by atoms with van der Waals surface area (Å²) in [5.74, 6) is -0.435. The smallest absolute Gasteiger partial charge is 0.243 e. The van der Waals surface area contributed by atoms with Crippen molar-refractivity contribution in [2.75, 3.05) is 6.54 Å². The van der Waals surface area contributed by atoms with Crippen LogP contribution in [0.2, 0.25) is 0 Å². The molecule has 0 spiro atoms. The van der Waals surface area contributed by atoms with Crippen LogP contribution in [-0.4, -0.2) is 12.5 Å². The molecule has 0 radical (unpaired) electrons. The molecule has 0 saturated heterocycles. The highest BCUT2D eigenvalue weighted by Gasteiger charge is 1.86. The topological polar surface area (TPSA) is 55.1 Å². The lowest BCUT2D eigenvalue weighted by atomic mass is 10.2. The molecule has 3 N–H and O–H groups in total. The van der Waals surface area contributed by atoms with Crippen molar-refractivity contribution in [2.24, 2.45) is 5.73 Å². The molecule has 0 heterocycles. The lowest BCUT2D eigenvalue weighted by molar-refractivity contribution is -0.114. The number of primary amides is 1. The number of carbonyl (C=O) groups excluding carboxylic acids is 1. The van der Waals surface area contributed by atoms with E-state index in [-0.39, 0.29) is 0 Å². The van der Waals surface area contributed by atoms with Gasteiger partial charge in [-0.2, -0.15) is 0 Å². The van der Waals surface area contributed by atoms with Gasteiger partial charge in [-0.15, -0.1) is 0 Å². The van der Waals surface area contributed by atoms with Gasteiger partial charge in [0, 0.05) is 12.1 Å². The zero-order chi connectivity index (χ0) is 12.1. The standard InChI is InChI=1S/C8H17N.C4H7NO/c1-3-5-6-7-8-9-4-2;1-3(2)4(5)6/h4,9H,2-3,5-8H2,1H3;1H2,2H3,(H2,5,6). The van der Waals surface area contributed by atoms with E-state index < -0.39 is 5.91 Å². The van der Waals surface area contributed by atoms with Gasteiger partial charge in [-0.3, -0.25) is 4.79 Å². The molecule has 88 valence electrons. The molecule has 0 atom stereocenters.